The van der Waals surface area contributed by atoms with Gasteiger partial charge in [-0.3, -0.25) is 4.79 Å². The van der Waals surface area contributed by atoms with Crippen molar-refractivity contribution in [2.45, 2.75) is 6.92 Å². The molecule has 1 aromatic heterocycles. The van der Waals surface area contributed by atoms with Crippen LogP contribution in [0.4, 0.5) is 18.9 Å². The summed E-state index contributed by atoms with van der Waals surface area (Å²) in [6.45, 7) is 1.99. The number of rotatable bonds is 5. The number of ether oxygens (including phenoxy) is 1. The van der Waals surface area contributed by atoms with Gasteiger partial charge in [0.1, 0.15) is 17.5 Å². The molecule has 0 saturated carbocycles. The van der Waals surface area contributed by atoms with Crippen LogP contribution in [0.5, 0.6) is 5.75 Å². The van der Waals surface area contributed by atoms with E-state index in [1.54, 1.807) is 6.92 Å². The summed E-state index contributed by atoms with van der Waals surface area (Å²) in [5, 5.41) is 6.39. The Morgan fingerprint density at radius 2 is 1.81 bits per heavy atom. The van der Waals surface area contributed by atoms with E-state index in [2.05, 4.69) is 10.4 Å². The molecular weight excluding hydrogens is 347 g/mol. The second-order valence-corrected chi connectivity index (χ2v) is 5.27. The summed E-state index contributed by atoms with van der Waals surface area (Å²) >= 11 is 0. The number of nitrogens with zero attached hydrogens (tertiary/aromatic N) is 2. The fourth-order valence-electron chi connectivity index (χ4n) is 2.28. The van der Waals surface area contributed by atoms with E-state index < -0.39 is 23.4 Å². The molecule has 3 rings (SSSR count). The van der Waals surface area contributed by atoms with Crippen molar-refractivity contribution in [3.63, 3.8) is 0 Å². The average molecular weight is 361 g/mol. The van der Waals surface area contributed by atoms with Crippen molar-refractivity contribution in [2.24, 2.45) is 0 Å². The van der Waals surface area contributed by atoms with Crippen molar-refractivity contribution in [3.8, 4) is 11.4 Å². The van der Waals surface area contributed by atoms with Crippen LogP contribution < -0.4 is 10.1 Å². The molecular formula is C18H14F3N3O2. The average Bonchev–Trinajstić information content (AvgIpc) is 3.03. The molecule has 0 fully saturated rings. The number of carbonyl (C=O) groups is 1. The Morgan fingerprint density at radius 3 is 2.50 bits per heavy atom. The highest BCUT2D eigenvalue weighted by Gasteiger charge is 2.20. The number of aromatic nitrogens is 2. The minimum atomic E-state index is -0.782. The number of anilines is 1. The van der Waals surface area contributed by atoms with Gasteiger partial charge in [-0.1, -0.05) is 0 Å². The van der Waals surface area contributed by atoms with Gasteiger partial charge in [-0.05, 0) is 43.3 Å². The van der Waals surface area contributed by atoms with Crippen LogP contribution in [0.3, 0.4) is 0 Å². The number of benzene rings is 2. The highest BCUT2D eigenvalue weighted by atomic mass is 19.1. The van der Waals surface area contributed by atoms with Gasteiger partial charge in [0.15, 0.2) is 11.4 Å². The normalized spacial score (nSPS) is 10.6. The van der Waals surface area contributed by atoms with E-state index in [0.29, 0.717) is 5.69 Å². The molecule has 0 radical (unpaired) electrons. The Labute approximate surface area is 147 Å². The Hall–Kier alpha value is -3.29. The first-order valence-electron chi connectivity index (χ1n) is 7.72. The third kappa shape index (κ3) is 3.69. The zero-order valence-corrected chi connectivity index (χ0v) is 13.7. The van der Waals surface area contributed by atoms with Crippen LogP contribution in [-0.4, -0.2) is 22.3 Å². The molecule has 1 N–H and O–H groups in total. The second kappa shape index (κ2) is 7.30. The molecule has 8 heteroatoms. The Balaban J connectivity index is 1.93. The first-order chi connectivity index (χ1) is 12.5. The molecule has 0 aliphatic rings. The van der Waals surface area contributed by atoms with Crippen LogP contribution in [-0.2, 0) is 0 Å². The molecule has 26 heavy (non-hydrogen) atoms. The number of amides is 1. The first kappa shape index (κ1) is 17.5. The Morgan fingerprint density at radius 1 is 1.12 bits per heavy atom. The predicted octanol–water partition coefficient (Wildman–Crippen LogP) is 3.94. The minimum absolute atomic E-state index is 0.111. The van der Waals surface area contributed by atoms with Gasteiger partial charge in [0.25, 0.3) is 5.91 Å². The summed E-state index contributed by atoms with van der Waals surface area (Å²) in [6, 6.07) is 8.17. The van der Waals surface area contributed by atoms with Crippen LogP contribution in [0.25, 0.3) is 5.69 Å². The second-order valence-electron chi connectivity index (χ2n) is 5.27. The summed E-state index contributed by atoms with van der Waals surface area (Å²) < 4.78 is 46.8. The Kier molecular flexibility index (Phi) is 4.92. The number of hydrogen-bond donors (Lipinski definition) is 1. The van der Waals surface area contributed by atoms with Crippen LogP contribution >= 0.6 is 0 Å². The zero-order valence-electron chi connectivity index (χ0n) is 13.7. The lowest BCUT2D eigenvalue weighted by atomic mass is 10.2. The smallest absolute Gasteiger partial charge is 0.280 e. The van der Waals surface area contributed by atoms with E-state index in [-0.39, 0.29) is 23.7 Å². The van der Waals surface area contributed by atoms with Crippen molar-refractivity contribution in [1.29, 1.82) is 0 Å². The summed E-state index contributed by atoms with van der Waals surface area (Å²) in [5.74, 6) is -2.49. The fourth-order valence-corrected chi connectivity index (χ4v) is 2.28. The maximum Gasteiger partial charge on any atom is 0.280 e. The number of nitrogens with one attached hydrogen (secondary N) is 1. The van der Waals surface area contributed by atoms with Crippen LogP contribution in [0.15, 0.2) is 48.7 Å². The van der Waals surface area contributed by atoms with Gasteiger partial charge >= 0.3 is 0 Å². The van der Waals surface area contributed by atoms with E-state index in [4.69, 9.17) is 4.74 Å². The number of halogens is 3. The van der Waals surface area contributed by atoms with Gasteiger partial charge in [-0.2, -0.15) is 5.10 Å². The molecule has 0 aliphatic carbocycles. The van der Waals surface area contributed by atoms with E-state index >= 15 is 0 Å². The highest BCUT2D eigenvalue weighted by Crippen LogP contribution is 2.23. The van der Waals surface area contributed by atoms with Gasteiger partial charge in [0, 0.05) is 6.07 Å². The lowest BCUT2D eigenvalue weighted by molar-refractivity contribution is 0.101. The van der Waals surface area contributed by atoms with Crippen molar-refractivity contribution in [1.82, 2.24) is 9.78 Å². The van der Waals surface area contributed by atoms with Gasteiger partial charge in [-0.15, -0.1) is 0 Å². The van der Waals surface area contributed by atoms with Gasteiger partial charge in [0.2, 0.25) is 0 Å². The van der Waals surface area contributed by atoms with Gasteiger partial charge in [0.05, 0.1) is 24.2 Å². The molecule has 0 spiro atoms. The van der Waals surface area contributed by atoms with Crippen LogP contribution in [0.2, 0.25) is 0 Å². The summed E-state index contributed by atoms with van der Waals surface area (Å²) in [4.78, 5) is 12.5. The first-order valence-corrected chi connectivity index (χ1v) is 7.72. The molecule has 0 bridgehead atoms. The standard InChI is InChI=1S/C18H14F3N3O2/c1-2-26-16-10-24(13-6-3-11(19)4-7-13)23-17(16)18(25)22-15-9-12(20)5-8-14(15)21/h3-10H,2H2,1H3,(H,22,25). The van der Waals surface area contributed by atoms with Gasteiger partial charge in [-0.25, -0.2) is 17.9 Å². The molecule has 134 valence electrons. The lowest BCUT2D eigenvalue weighted by Gasteiger charge is -2.06. The maximum absolute atomic E-state index is 13.7. The topological polar surface area (TPSA) is 56.2 Å². The minimum Gasteiger partial charge on any atom is -0.490 e. The third-order valence-corrected chi connectivity index (χ3v) is 3.46. The summed E-state index contributed by atoms with van der Waals surface area (Å²) in [5.41, 5.74) is 0.0805. The Bertz CT molecular complexity index is 939. The predicted molar refractivity (Wildman–Crippen MR) is 89.0 cm³/mol. The molecule has 1 amide bonds. The van der Waals surface area contributed by atoms with E-state index in [1.807, 2.05) is 0 Å². The summed E-state index contributed by atoms with van der Waals surface area (Å²) in [6.07, 6.45) is 1.45. The molecule has 1 heterocycles. The fraction of sp³-hybridized carbons (Fsp3) is 0.111. The van der Waals surface area contributed by atoms with Crippen LogP contribution in [0, 0.1) is 17.5 Å². The van der Waals surface area contributed by atoms with E-state index in [1.165, 1.54) is 35.1 Å². The quantitative estimate of drug-likeness (QED) is 0.749. The van der Waals surface area contributed by atoms with E-state index in [9.17, 15) is 18.0 Å². The molecule has 0 saturated heterocycles. The van der Waals surface area contributed by atoms with Crippen LogP contribution in [0.1, 0.15) is 17.4 Å². The van der Waals surface area contributed by atoms with Crippen molar-refractivity contribution in [3.05, 3.63) is 71.8 Å². The number of hydrogen-bond acceptors (Lipinski definition) is 3. The lowest BCUT2D eigenvalue weighted by Crippen LogP contribution is -2.15. The van der Waals surface area contributed by atoms with Crippen molar-refractivity contribution < 1.29 is 22.7 Å². The molecule has 0 unspecified atom stereocenters. The highest BCUT2D eigenvalue weighted by molar-refractivity contribution is 6.04. The van der Waals surface area contributed by atoms with Gasteiger partial charge < -0.3 is 10.1 Å². The molecule has 0 aliphatic heterocycles. The van der Waals surface area contributed by atoms with Crippen molar-refractivity contribution >= 4 is 11.6 Å². The zero-order chi connectivity index (χ0) is 18.7. The SMILES string of the molecule is CCOc1cn(-c2ccc(F)cc2)nc1C(=O)Nc1cc(F)ccc1F. The summed E-state index contributed by atoms with van der Waals surface area (Å²) in [7, 11) is 0. The molecule has 3 aromatic rings. The maximum atomic E-state index is 13.7. The molecule has 0 atom stereocenters. The van der Waals surface area contributed by atoms with Crippen molar-refractivity contribution in [2.75, 3.05) is 11.9 Å². The third-order valence-electron chi connectivity index (χ3n) is 3.46. The monoisotopic (exact) mass is 361 g/mol. The number of carbonyl (C=O) groups excluding carboxylic acids is 1. The molecule has 5 nitrogen and oxygen atoms in total. The largest absolute Gasteiger partial charge is 0.490 e. The molecule has 2 aromatic carbocycles. The van der Waals surface area contributed by atoms with E-state index in [0.717, 1.165) is 18.2 Å².